The zero-order valence-electron chi connectivity index (χ0n) is 18.8. The van der Waals surface area contributed by atoms with Gasteiger partial charge in [0.2, 0.25) is 0 Å². The van der Waals surface area contributed by atoms with Gasteiger partial charge < -0.3 is 10.2 Å². The minimum absolute atomic E-state index is 0.108. The van der Waals surface area contributed by atoms with Gasteiger partial charge in [0, 0.05) is 37.4 Å². The summed E-state index contributed by atoms with van der Waals surface area (Å²) in [5, 5.41) is 3.09. The summed E-state index contributed by atoms with van der Waals surface area (Å²) in [6.45, 7) is 2.47. The van der Waals surface area contributed by atoms with Gasteiger partial charge >= 0.3 is 6.18 Å². The molecule has 3 atom stereocenters. The summed E-state index contributed by atoms with van der Waals surface area (Å²) in [6, 6.07) is 4.03. The molecule has 1 saturated carbocycles. The van der Waals surface area contributed by atoms with E-state index in [4.69, 9.17) is 11.6 Å². The van der Waals surface area contributed by atoms with Crippen LogP contribution >= 0.6 is 11.6 Å². The SMILES string of the molecule is Cc1cnc(C(=O)N2CC3CCC2C(Nc2ncc(C(F)(F)F)cc2Cl)C3)c(-c2ncccn2)c1. The maximum Gasteiger partial charge on any atom is 0.417 e. The van der Waals surface area contributed by atoms with Crippen molar-refractivity contribution in [2.24, 2.45) is 5.92 Å². The molecule has 3 unspecified atom stereocenters. The minimum Gasteiger partial charge on any atom is -0.364 e. The van der Waals surface area contributed by atoms with E-state index in [2.05, 4.69) is 25.3 Å². The fourth-order valence-corrected chi connectivity index (χ4v) is 5.16. The molecular weight excluding hydrogens is 481 g/mol. The fraction of sp³-hybridized carbons (Fsp3) is 0.375. The average Bonchev–Trinajstić information content (AvgIpc) is 2.85. The Balaban J connectivity index is 1.42. The number of amides is 1. The van der Waals surface area contributed by atoms with E-state index in [9.17, 15) is 18.0 Å². The highest BCUT2D eigenvalue weighted by Gasteiger charge is 2.44. The Morgan fingerprint density at radius 2 is 1.89 bits per heavy atom. The molecule has 1 N–H and O–H groups in total. The van der Waals surface area contributed by atoms with Crippen LogP contribution in [0.4, 0.5) is 19.0 Å². The van der Waals surface area contributed by atoms with E-state index in [0.717, 1.165) is 37.1 Å². The Bertz CT molecular complexity index is 1260. The van der Waals surface area contributed by atoms with Crippen molar-refractivity contribution in [1.82, 2.24) is 24.8 Å². The summed E-state index contributed by atoms with van der Waals surface area (Å²) in [5.74, 6) is 0.623. The van der Waals surface area contributed by atoms with Crippen LogP contribution in [0.1, 0.15) is 40.9 Å². The van der Waals surface area contributed by atoms with E-state index in [1.54, 1.807) is 29.6 Å². The van der Waals surface area contributed by atoms with Crippen LogP contribution < -0.4 is 5.32 Å². The number of carbonyl (C=O) groups excluding carboxylic acids is 1. The maximum absolute atomic E-state index is 13.7. The maximum atomic E-state index is 13.7. The van der Waals surface area contributed by atoms with Crippen LogP contribution in [0.15, 0.2) is 43.0 Å². The molecule has 35 heavy (non-hydrogen) atoms. The van der Waals surface area contributed by atoms with Crippen molar-refractivity contribution < 1.29 is 18.0 Å². The molecule has 3 fully saturated rings. The number of halogens is 4. The van der Waals surface area contributed by atoms with Gasteiger partial charge in [-0.05, 0) is 55.9 Å². The topological polar surface area (TPSA) is 83.9 Å². The van der Waals surface area contributed by atoms with Crippen LogP contribution in [0.2, 0.25) is 5.02 Å². The number of hydrogen-bond donors (Lipinski definition) is 1. The number of alkyl halides is 3. The van der Waals surface area contributed by atoms with E-state index in [1.165, 1.54) is 0 Å². The molecule has 2 bridgehead atoms. The van der Waals surface area contributed by atoms with Gasteiger partial charge in [0.1, 0.15) is 11.5 Å². The van der Waals surface area contributed by atoms with Gasteiger partial charge in [-0.15, -0.1) is 0 Å². The monoisotopic (exact) mass is 502 g/mol. The molecule has 11 heteroatoms. The second kappa shape index (κ2) is 9.07. The van der Waals surface area contributed by atoms with Gasteiger partial charge in [0.25, 0.3) is 5.91 Å². The Hall–Kier alpha value is -3.27. The van der Waals surface area contributed by atoms with Crippen molar-refractivity contribution in [1.29, 1.82) is 0 Å². The van der Waals surface area contributed by atoms with E-state index in [1.807, 2.05) is 13.0 Å². The van der Waals surface area contributed by atoms with Crippen molar-refractivity contribution in [2.75, 3.05) is 11.9 Å². The molecule has 182 valence electrons. The number of pyridine rings is 2. The number of fused-ring (bicyclic) bond motifs is 3. The van der Waals surface area contributed by atoms with Crippen LogP contribution in [-0.2, 0) is 6.18 Å². The third-order valence-corrected chi connectivity index (χ3v) is 6.85. The van der Waals surface area contributed by atoms with Gasteiger partial charge in [-0.25, -0.2) is 15.0 Å². The Morgan fingerprint density at radius 3 is 2.57 bits per heavy atom. The largest absolute Gasteiger partial charge is 0.417 e. The first-order chi connectivity index (χ1) is 16.7. The molecule has 1 amide bonds. The molecule has 3 aliphatic rings. The minimum atomic E-state index is -4.52. The Kier molecular flexibility index (Phi) is 6.08. The zero-order chi connectivity index (χ0) is 24.7. The van der Waals surface area contributed by atoms with Gasteiger partial charge in [0.15, 0.2) is 5.82 Å². The van der Waals surface area contributed by atoms with E-state index >= 15 is 0 Å². The van der Waals surface area contributed by atoms with Crippen LogP contribution in [0.5, 0.6) is 0 Å². The van der Waals surface area contributed by atoms with Gasteiger partial charge in [0.05, 0.1) is 22.2 Å². The van der Waals surface area contributed by atoms with Gasteiger partial charge in [-0.1, -0.05) is 11.6 Å². The van der Waals surface area contributed by atoms with Crippen LogP contribution in [0, 0.1) is 12.8 Å². The molecule has 3 aromatic heterocycles. The Labute approximate surface area is 204 Å². The lowest BCUT2D eigenvalue weighted by Crippen LogP contribution is -2.60. The molecule has 1 aliphatic carbocycles. The summed E-state index contributed by atoms with van der Waals surface area (Å²) >= 11 is 6.13. The van der Waals surface area contributed by atoms with Crippen LogP contribution in [-0.4, -0.2) is 49.4 Å². The lowest BCUT2D eigenvalue weighted by Gasteiger charge is -2.50. The third kappa shape index (κ3) is 4.67. The average molecular weight is 503 g/mol. The first-order valence-electron chi connectivity index (χ1n) is 11.2. The highest BCUT2D eigenvalue weighted by molar-refractivity contribution is 6.33. The summed E-state index contributed by atoms with van der Waals surface area (Å²) in [4.78, 5) is 32.5. The molecular formula is C24H22ClF3N6O. The number of hydrogen-bond acceptors (Lipinski definition) is 6. The van der Waals surface area contributed by atoms with Gasteiger partial charge in [-0.2, -0.15) is 13.2 Å². The smallest absolute Gasteiger partial charge is 0.364 e. The molecule has 3 aromatic rings. The van der Waals surface area contributed by atoms with E-state index in [-0.39, 0.29) is 40.4 Å². The molecule has 6 rings (SSSR count). The number of aryl methyl sites for hydroxylation is 1. The molecule has 2 saturated heterocycles. The van der Waals surface area contributed by atoms with Gasteiger partial charge in [-0.3, -0.25) is 9.78 Å². The number of nitrogens with zero attached hydrogens (tertiary/aromatic N) is 5. The molecule has 0 radical (unpaired) electrons. The normalized spacial score (nSPS) is 21.7. The second-order valence-electron chi connectivity index (χ2n) is 8.99. The van der Waals surface area contributed by atoms with E-state index < -0.39 is 11.7 Å². The number of aromatic nitrogens is 4. The highest BCUT2D eigenvalue weighted by Crippen LogP contribution is 2.39. The summed E-state index contributed by atoms with van der Waals surface area (Å²) < 4.78 is 39.0. The number of piperidine rings is 2. The lowest BCUT2D eigenvalue weighted by molar-refractivity contribution is -0.137. The number of rotatable bonds is 4. The molecule has 0 spiro atoms. The number of nitrogens with one attached hydrogen (secondary N) is 1. The van der Waals surface area contributed by atoms with Crippen LogP contribution in [0.25, 0.3) is 11.4 Å². The molecule has 7 nitrogen and oxygen atoms in total. The van der Waals surface area contributed by atoms with E-state index in [0.29, 0.717) is 17.9 Å². The number of carbonyl (C=O) groups is 1. The molecule has 2 aliphatic heterocycles. The lowest BCUT2D eigenvalue weighted by atomic mass is 9.76. The summed E-state index contributed by atoms with van der Waals surface area (Å²) in [7, 11) is 0. The Morgan fingerprint density at radius 1 is 1.11 bits per heavy atom. The van der Waals surface area contributed by atoms with Crippen molar-refractivity contribution in [3.63, 3.8) is 0 Å². The molecule has 5 heterocycles. The summed E-state index contributed by atoms with van der Waals surface area (Å²) in [6.07, 6.45) is 3.61. The predicted octanol–water partition coefficient (Wildman–Crippen LogP) is 5.02. The first kappa shape index (κ1) is 23.5. The summed E-state index contributed by atoms with van der Waals surface area (Å²) in [5.41, 5.74) is 0.815. The third-order valence-electron chi connectivity index (χ3n) is 6.56. The van der Waals surface area contributed by atoms with Crippen molar-refractivity contribution >= 4 is 23.3 Å². The predicted molar refractivity (Wildman–Crippen MR) is 124 cm³/mol. The number of anilines is 1. The highest BCUT2D eigenvalue weighted by atomic mass is 35.5. The van der Waals surface area contributed by atoms with Crippen molar-refractivity contribution in [3.05, 3.63) is 64.8 Å². The standard InChI is InChI=1S/C24H22ClF3N6O/c1-13-7-16(21-29-5-2-6-30-21)20(31-10-13)23(35)34-12-14-3-4-19(34)18(8-14)33-22-17(25)9-15(11-32-22)24(26,27)28/h2,5-7,9-11,14,18-19H,3-4,8,12H2,1H3,(H,32,33). The fourth-order valence-electron chi connectivity index (χ4n) is 4.94. The zero-order valence-corrected chi connectivity index (χ0v) is 19.5. The van der Waals surface area contributed by atoms with Crippen LogP contribution in [0.3, 0.4) is 0 Å². The van der Waals surface area contributed by atoms with Crippen molar-refractivity contribution in [3.8, 4) is 11.4 Å². The second-order valence-corrected chi connectivity index (χ2v) is 9.40. The quantitative estimate of drug-likeness (QED) is 0.539. The van der Waals surface area contributed by atoms with Crippen molar-refractivity contribution in [2.45, 2.75) is 44.4 Å². The molecule has 0 aromatic carbocycles. The first-order valence-corrected chi connectivity index (χ1v) is 11.6.